The molecule has 2 aromatic rings. The molecule has 0 aromatic heterocycles. The van der Waals surface area contributed by atoms with Gasteiger partial charge in [-0.2, -0.15) is 0 Å². The highest BCUT2D eigenvalue weighted by molar-refractivity contribution is 5.96. The molecule has 0 spiro atoms. The van der Waals surface area contributed by atoms with Crippen molar-refractivity contribution in [3.63, 3.8) is 0 Å². The molecule has 0 fully saturated rings. The Hall–Kier alpha value is -2.69. The lowest BCUT2D eigenvalue weighted by Crippen LogP contribution is -2.33. The number of benzene rings is 2. The van der Waals surface area contributed by atoms with E-state index in [9.17, 15) is 4.79 Å². The fourth-order valence-electron chi connectivity index (χ4n) is 2.96. The maximum atomic E-state index is 12.6. The molecule has 0 unspecified atom stereocenters. The molecule has 0 N–H and O–H groups in total. The Morgan fingerprint density at radius 3 is 2.46 bits per heavy atom. The third kappa shape index (κ3) is 3.02. The largest absolute Gasteiger partial charge is 0.493 e. The van der Waals surface area contributed by atoms with E-state index in [1.165, 1.54) is 5.56 Å². The summed E-state index contributed by atoms with van der Waals surface area (Å²) >= 11 is 0. The van der Waals surface area contributed by atoms with Gasteiger partial charge in [-0.3, -0.25) is 4.79 Å². The van der Waals surface area contributed by atoms with Crippen LogP contribution in [0.1, 0.15) is 11.1 Å². The van der Waals surface area contributed by atoms with Crippen LogP contribution in [0.15, 0.2) is 36.4 Å². The van der Waals surface area contributed by atoms with E-state index in [4.69, 9.17) is 14.2 Å². The molecular formula is C19H21NO4. The summed E-state index contributed by atoms with van der Waals surface area (Å²) in [5.41, 5.74) is 3.15. The number of nitrogens with zero attached hydrogens (tertiary/aromatic N) is 1. The van der Waals surface area contributed by atoms with Crippen molar-refractivity contribution < 1.29 is 19.0 Å². The Bertz CT molecular complexity index is 732. The quantitative estimate of drug-likeness (QED) is 0.847. The fraction of sp³-hybridized carbons (Fsp3) is 0.316. The molecule has 0 radical (unpaired) electrons. The van der Waals surface area contributed by atoms with Gasteiger partial charge in [0, 0.05) is 12.2 Å². The maximum Gasteiger partial charge on any atom is 0.264 e. The van der Waals surface area contributed by atoms with E-state index in [2.05, 4.69) is 6.07 Å². The molecule has 3 rings (SSSR count). The van der Waals surface area contributed by atoms with Gasteiger partial charge in [-0.1, -0.05) is 18.2 Å². The zero-order valence-electron chi connectivity index (χ0n) is 14.2. The Labute approximate surface area is 141 Å². The summed E-state index contributed by atoms with van der Waals surface area (Å²) in [6.07, 6.45) is 0.874. The lowest BCUT2D eigenvalue weighted by Gasteiger charge is -2.19. The second-order valence-corrected chi connectivity index (χ2v) is 5.71. The van der Waals surface area contributed by atoms with Gasteiger partial charge in [0.2, 0.25) is 5.75 Å². The Kier molecular flexibility index (Phi) is 4.60. The van der Waals surface area contributed by atoms with E-state index in [0.29, 0.717) is 23.8 Å². The standard InChI is InChI=1S/C19H21NO4/c1-13-10-16(22-2)19(17(11-13)23-3)24-12-18(21)20-9-8-14-6-4-5-7-15(14)20/h4-7,10-11H,8-9,12H2,1-3H3. The summed E-state index contributed by atoms with van der Waals surface area (Å²) in [4.78, 5) is 14.3. The summed E-state index contributed by atoms with van der Waals surface area (Å²) in [6, 6.07) is 11.7. The highest BCUT2D eigenvalue weighted by Crippen LogP contribution is 2.38. The first kappa shape index (κ1) is 16.2. The minimum Gasteiger partial charge on any atom is -0.493 e. The Balaban J connectivity index is 1.76. The molecule has 0 atom stereocenters. The van der Waals surface area contributed by atoms with Gasteiger partial charge in [0.05, 0.1) is 14.2 Å². The van der Waals surface area contributed by atoms with Crippen molar-refractivity contribution in [2.45, 2.75) is 13.3 Å². The number of carbonyl (C=O) groups excluding carboxylic acids is 1. The summed E-state index contributed by atoms with van der Waals surface area (Å²) in [6.45, 7) is 2.56. The Morgan fingerprint density at radius 2 is 1.79 bits per heavy atom. The minimum atomic E-state index is -0.0790. The van der Waals surface area contributed by atoms with Crippen molar-refractivity contribution in [2.75, 3.05) is 32.3 Å². The van der Waals surface area contributed by atoms with Crippen LogP contribution in [0.3, 0.4) is 0 Å². The van der Waals surface area contributed by atoms with Crippen LogP contribution in [0.5, 0.6) is 17.2 Å². The highest BCUT2D eigenvalue weighted by atomic mass is 16.5. The number of para-hydroxylation sites is 1. The molecule has 2 aromatic carbocycles. The van der Waals surface area contributed by atoms with Crippen LogP contribution in [0.4, 0.5) is 5.69 Å². The number of hydrogen-bond donors (Lipinski definition) is 0. The number of aryl methyl sites for hydroxylation is 1. The molecule has 5 heteroatoms. The third-order valence-electron chi connectivity index (χ3n) is 4.13. The van der Waals surface area contributed by atoms with Gasteiger partial charge in [0.15, 0.2) is 18.1 Å². The van der Waals surface area contributed by atoms with E-state index in [1.54, 1.807) is 19.1 Å². The van der Waals surface area contributed by atoms with Crippen LogP contribution >= 0.6 is 0 Å². The van der Waals surface area contributed by atoms with Crippen molar-refractivity contribution >= 4 is 11.6 Å². The first-order chi connectivity index (χ1) is 11.6. The molecule has 5 nitrogen and oxygen atoms in total. The average Bonchev–Trinajstić information content (AvgIpc) is 3.03. The summed E-state index contributed by atoms with van der Waals surface area (Å²) < 4.78 is 16.5. The molecular weight excluding hydrogens is 306 g/mol. The number of anilines is 1. The van der Waals surface area contributed by atoms with Gasteiger partial charge in [-0.25, -0.2) is 0 Å². The number of hydrogen-bond acceptors (Lipinski definition) is 4. The molecule has 1 amide bonds. The van der Waals surface area contributed by atoms with Crippen molar-refractivity contribution in [3.8, 4) is 17.2 Å². The maximum absolute atomic E-state index is 12.6. The molecule has 0 aliphatic carbocycles. The monoisotopic (exact) mass is 327 g/mol. The van der Waals surface area contributed by atoms with Gasteiger partial charge < -0.3 is 19.1 Å². The van der Waals surface area contributed by atoms with E-state index in [0.717, 1.165) is 17.7 Å². The molecule has 0 bridgehead atoms. The number of carbonyl (C=O) groups is 1. The lowest BCUT2D eigenvalue weighted by molar-refractivity contribution is -0.120. The van der Waals surface area contributed by atoms with Crippen molar-refractivity contribution in [2.24, 2.45) is 0 Å². The SMILES string of the molecule is COc1cc(C)cc(OC)c1OCC(=O)N1CCc2ccccc21. The predicted octanol–water partition coefficient (Wildman–Crippen LogP) is 2.98. The number of amides is 1. The van der Waals surface area contributed by atoms with Crippen LogP contribution < -0.4 is 19.1 Å². The highest BCUT2D eigenvalue weighted by Gasteiger charge is 2.25. The van der Waals surface area contributed by atoms with Gasteiger partial charge >= 0.3 is 0 Å². The second-order valence-electron chi connectivity index (χ2n) is 5.71. The molecule has 1 heterocycles. The van der Waals surface area contributed by atoms with E-state index < -0.39 is 0 Å². The van der Waals surface area contributed by atoms with Gasteiger partial charge in [0.25, 0.3) is 5.91 Å². The van der Waals surface area contributed by atoms with Crippen LogP contribution in [0, 0.1) is 6.92 Å². The normalized spacial score (nSPS) is 12.7. The zero-order valence-corrected chi connectivity index (χ0v) is 14.2. The predicted molar refractivity (Wildman–Crippen MR) is 92.3 cm³/mol. The molecule has 24 heavy (non-hydrogen) atoms. The van der Waals surface area contributed by atoms with Gasteiger partial charge in [0.1, 0.15) is 0 Å². The number of ether oxygens (including phenoxy) is 3. The third-order valence-corrected chi connectivity index (χ3v) is 4.13. The van der Waals surface area contributed by atoms with Crippen molar-refractivity contribution in [1.29, 1.82) is 0 Å². The van der Waals surface area contributed by atoms with Crippen molar-refractivity contribution in [1.82, 2.24) is 0 Å². The molecule has 126 valence electrons. The van der Waals surface area contributed by atoms with Crippen LogP contribution in [-0.4, -0.2) is 33.3 Å². The zero-order chi connectivity index (χ0) is 17.1. The molecule has 0 saturated heterocycles. The summed E-state index contributed by atoms with van der Waals surface area (Å²) in [5, 5.41) is 0. The van der Waals surface area contributed by atoms with E-state index in [-0.39, 0.29) is 12.5 Å². The van der Waals surface area contributed by atoms with E-state index in [1.807, 2.05) is 37.3 Å². The summed E-state index contributed by atoms with van der Waals surface area (Å²) in [5.74, 6) is 1.49. The topological polar surface area (TPSA) is 48.0 Å². The van der Waals surface area contributed by atoms with Gasteiger partial charge in [-0.05, 0) is 42.7 Å². The first-order valence-corrected chi connectivity index (χ1v) is 7.87. The Morgan fingerprint density at radius 1 is 1.12 bits per heavy atom. The number of methoxy groups -OCH3 is 2. The van der Waals surface area contributed by atoms with Gasteiger partial charge in [-0.15, -0.1) is 0 Å². The van der Waals surface area contributed by atoms with Crippen LogP contribution in [-0.2, 0) is 11.2 Å². The number of fused-ring (bicyclic) bond motifs is 1. The smallest absolute Gasteiger partial charge is 0.264 e. The minimum absolute atomic E-state index is 0.0654. The fourth-order valence-corrected chi connectivity index (χ4v) is 2.96. The van der Waals surface area contributed by atoms with E-state index >= 15 is 0 Å². The summed E-state index contributed by atoms with van der Waals surface area (Å²) in [7, 11) is 3.14. The number of rotatable bonds is 5. The second kappa shape index (κ2) is 6.83. The van der Waals surface area contributed by atoms with Crippen LogP contribution in [0.2, 0.25) is 0 Å². The molecule has 1 aliphatic heterocycles. The molecule has 1 aliphatic rings. The van der Waals surface area contributed by atoms with Crippen molar-refractivity contribution in [3.05, 3.63) is 47.5 Å². The first-order valence-electron chi connectivity index (χ1n) is 7.87. The lowest BCUT2D eigenvalue weighted by atomic mass is 10.2. The average molecular weight is 327 g/mol. The molecule has 0 saturated carbocycles. The van der Waals surface area contributed by atoms with Crippen LogP contribution in [0.25, 0.3) is 0 Å².